The highest BCUT2D eigenvalue weighted by Crippen LogP contribution is 2.15. The fourth-order valence-electron chi connectivity index (χ4n) is 1.74. The summed E-state index contributed by atoms with van der Waals surface area (Å²) in [6, 6.07) is 17.3. The van der Waals surface area contributed by atoms with E-state index in [4.69, 9.17) is 0 Å². The molecule has 0 aromatic heterocycles. The molecule has 0 saturated carbocycles. The van der Waals surface area contributed by atoms with E-state index in [-0.39, 0.29) is 0 Å². The van der Waals surface area contributed by atoms with E-state index in [0.717, 1.165) is 6.42 Å². The Morgan fingerprint density at radius 2 is 1.12 bits per heavy atom. The zero-order valence-corrected chi connectivity index (χ0v) is 10.9. The predicted octanol–water partition coefficient (Wildman–Crippen LogP) is 3.71. The van der Waals surface area contributed by atoms with Gasteiger partial charge in [-0.3, -0.25) is 0 Å². The Kier molecular flexibility index (Phi) is 3.33. The van der Waals surface area contributed by atoms with Crippen molar-refractivity contribution in [2.24, 2.45) is 0 Å². The second-order valence-corrected chi connectivity index (χ2v) is 4.55. The number of hydrogen-bond donors (Lipinski definition) is 0. The highest BCUT2D eigenvalue weighted by Gasteiger charge is 2.01. The summed E-state index contributed by atoms with van der Waals surface area (Å²) in [5.74, 6) is 0. The molecule has 2 rings (SSSR count). The van der Waals surface area contributed by atoms with Crippen molar-refractivity contribution in [3.05, 3.63) is 69.8 Å². The maximum Gasteiger partial charge on any atom is -0.00128 e. The van der Waals surface area contributed by atoms with E-state index < -0.39 is 0 Å². The maximum atomic E-state index is 3.39. The third-order valence-electron chi connectivity index (χ3n) is 3.13. The van der Waals surface area contributed by atoms with Crippen LogP contribution in [0.4, 0.5) is 0 Å². The minimum Gasteiger partial charge on any atom is -0.0499 e. The highest BCUT2D eigenvalue weighted by atomic mass is 14.1. The quantitative estimate of drug-likeness (QED) is 0.723. The topological polar surface area (TPSA) is 0 Å². The number of hydrogen-bond acceptors (Lipinski definition) is 0. The number of rotatable bonds is 2. The Morgan fingerprint density at radius 1 is 0.706 bits per heavy atom. The summed E-state index contributed by atoms with van der Waals surface area (Å²) in [4.78, 5) is 0. The smallest absolute Gasteiger partial charge is 0.00128 e. The summed E-state index contributed by atoms with van der Waals surface area (Å²) < 4.78 is 0. The molecule has 0 heterocycles. The van der Waals surface area contributed by atoms with E-state index in [0.29, 0.717) is 0 Å². The SMILES string of the molecule is Cc1[c]cc(Cc2[c]c(C)c(C)[c]c2)[c]c1C. The van der Waals surface area contributed by atoms with Crippen LogP contribution in [0.25, 0.3) is 0 Å². The fourth-order valence-corrected chi connectivity index (χ4v) is 1.74. The van der Waals surface area contributed by atoms with Crippen molar-refractivity contribution in [3.8, 4) is 0 Å². The van der Waals surface area contributed by atoms with Gasteiger partial charge in [-0.05, 0) is 104 Å². The maximum absolute atomic E-state index is 3.39. The fraction of sp³-hybridized carbons (Fsp3) is 0.294. The molecule has 0 N–H and O–H groups in total. The first-order valence-corrected chi connectivity index (χ1v) is 5.86. The van der Waals surface area contributed by atoms with Crippen LogP contribution in [0.1, 0.15) is 33.4 Å². The zero-order chi connectivity index (χ0) is 12.4. The summed E-state index contributed by atoms with van der Waals surface area (Å²) in [7, 11) is 0. The lowest BCUT2D eigenvalue weighted by molar-refractivity contribution is 1.14. The molecule has 0 aliphatic rings. The molecule has 0 fully saturated rings. The Labute approximate surface area is 104 Å². The van der Waals surface area contributed by atoms with E-state index in [1.165, 1.54) is 33.4 Å². The summed E-state index contributed by atoms with van der Waals surface area (Å²) in [6.45, 7) is 8.27. The summed E-state index contributed by atoms with van der Waals surface area (Å²) in [6.07, 6.45) is 0.856. The number of aryl methyl sites for hydroxylation is 4. The molecule has 0 bridgehead atoms. The largest absolute Gasteiger partial charge is 0.0499 e. The van der Waals surface area contributed by atoms with Gasteiger partial charge in [0.2, 0.25) is 0 Å². The molecule has 0 aliphatic heterocycles. The first-order valence-electron chi connectivity index (χ1n) is 5.86. The molecule has 4 radical (unpaired) electrons. The predicted molar refractivity (Wildman–Crippen MR) is 70.0 cm³/mol. The molecule has 0 aliphatic carbocycles. The van der Waals surface area contributed by atoms with Gasteiger partial charge in [0.1, 0.15) is 0 Å². The molecule has 0 spiro atoms. The molecule has 84 valence electrons. The molecule has 0 atom stereocenters. The first kappa shape index (κ1) is 11.9. The van der Waals surface area contributed by atoms with Crippen LogP contribution in [0.5, 0.6) is 0 Å². The van der Waals surface area contributed by atoms with Crippen molar-refractivity contribution in [3.63, 3.8) is 0 Å². The van der Waals surface area contributed by atoms with Gasteiger partial charge in [0.05, 0.1) is 0 Å². The van der Waals surface area contributed by atoms with Crippen LogP contribution in [0.15, 0.2) is 12.1 Å². The average molecular weight is 220 g/mol. The molecule has 0 heteroatoms. The van der Waals surface area contributed by atoms with Crippen molar-refractivity contribution in [2.75, 3.05) is 0 Å². The molecule has 0 nitrogen and oxygen atoms in total. The van der Waals surface area contributed by atoms with Crippen molar-refractivity contribution in [1.82, 2.24) is 0 Å². The summed E-state index contributed by atoms with van der Waals surface area (Å²) in [5, 5.41) is 0. The van der Waals surface area contributed by atoms with Gasteiger partial charge < -0.3 is 0 Å². The molecule has 0 saturated heterocycles. The third-order valence-corrected chi connectivity index (χ3v) is 3.13. The Bertz CT molecular complexity index is 486. The van der Waals surface area contributed by atoms with Crippen molar-refractivity contribution < 1.29 is 0 Å². The van der Waals surface area contributed by atoms with E-state index in [2.05, 4.69) is 52.0 Å². The van der Waals surface area contributed by atoms with Crippen molar-refractivity contribution >= 4 is 0 Å². The summed E-state index contributed by atoms with van der Waals surface area (Å²) >= 11 is 0. The molecule has 0 unspecified atom stereocenters. The van der Waals surface area contributed by atoms with Gasteiger partial charge in [0.25, 0.3) is 0 Å². The van der Waals surface area contributed by atoms with Crippen LogP contribution in [-0.2, 0) is 6.42 Å². The molecular formula is C17H16. The standard InChI is InChI=1S/C17H16/c1-12-5-7-16(9-14(12)3)11-17-8-6-13(2)15(4)10-17/h7-8H,11H2,1-4H3. The van der Waals surface area contributed by atoms with Crippen LogP contribution in [0, 0.1) is 52.0 Å². The van der Waals surface area contributed by atoms with Crippen LogP contribution in [0.2, 0.25) is 0 Å². The second kappa shape index (κ2) is 4.75. The molecule has 17 heavy (non-hydrogen) atoms. The Balaban J connectivity index is 2.25. The average Bonchev–Trinajstić information content (AvgIpc) is 2.29. The lowest BCUT2D eigenvalue weighted by atomic mass is 9.98. The van der Waals surface area contributed by atoms with Gasteiger partial charge in [-0.25, -0.2) is 0 Å². The molecule has 2 aromatic rings. The van der Waals surface area contributed by atoms with Gasteiger partial charge in [-0.2, -0.15) is 0 Å². The van der Waals surface area contributed by atoms with E-state index in [9.17, 15) is 0 Å². The van der Waals surface area contributed by atoms with Gasteiger partial charge in [-0.1, -0.05) is 0 Å². The van der Waals surface area contributed by atoms with Gasteiger partial charge in [-0.15, -0.1) is 0 Å². The van der Waals surface area contributed by atoms with Crippen LogP contribution < -0.4 is 0 Å². The van der Waals surface area contributed by atoms with Crippen LogP contribution >= 0.6 is 0 Å². The Morgan fingerprint density at radius 3 is 1.47 bits per heavy atom. The zero-order valence-electron chi connectivity index (χ0n) is 10.9. The third kappa shape index (κ3) is 2.76. The van der Waals surface area contributed by atoms with E-state index in [1.807, 2.05) is 12.1 Å². The van der Waals surface area contributed by atoms with Gasteiger partial charge in [0.15, 0.2) is 0 Å². The minimum atomic E-state index is 0.856. The lowest BCUT2D eigenvalue weighted by Crippen LogP contribution is -1.93. The van der Waals surface area contributed by atoms with Crippen molar-refractivity contribution in [2.45, 2.75) is 34.1 Å². The lowest BCUT2D eigenvalue weighted by Gasteiger charge is -2.06. The van der Waals surface area contributed by atoms with Crippen LogP contribution in [0.3, 0.4) is 0 Å². The Hall–Kier alpha value is -1.56. The van der Waals surface area contributed by atoms with Gasteiger partial charge in [0, 0.05) is 0 Å². The molecule has 2 aromatic carbocycles. The normalized spacial score (nSPS) is 10.6. The monoisotopic (exact) mass is 220 g/mol. The number of benzene rings is 2. The summed E-state index contributed by atoms with van der Waals surface area (Å²) in [5.41, 5.74) is 7.03. The molecule has 0 amide bonds. The van der Waals surface area contributed by atoms with Crippen LogP contribution in [-0.4, -0.2) is 0 Å². The first-order chi connectivity index (χ1) is 8.06. The van der Waals surface area contributed by atoms with E-state index >= 15 is 0 Å². The van der Waals surface area contributed by atoms with Gasteiger partial charge >= 0.3 is 0 Å². The highest BCUT2D eigenvalue weighted by molar-refractivity contribution is 5.34. The molecular weight excluding hydrogens is 204 g/mol. The van der Waals surface area contributed by atoms with Crippen molar-refractivity contribution in [1.29, 1.82) is 0 Å². The van der Waals surface area contributed by atoms with E-state index in [1.54, 1.807) is 0 Å². The second-order valence-electron chi connectivity index (χ2n) is 4.55. The minimum absolute atomic E-state index is 0.856.